The first-order valence-corrected chi connectivity index (χ1v) is 8.18. The van der Waals surface area contributed by atoms with Crippen molar-refractivity contribution in [1.29, 1.82) is 0 Å². The summed E-state index contributed by atoms with van der Waals surface area (Å²) >= 11 is 0. The third kappa shape index (κ3) is 6.01. The molecule has 0 unspecified atom stereocenters. The van der Waals surface area contributed by atoms with Gasteiger partial charge < -0.3 is 24.5 Å². The molecule has 0 aliphatic carbocycles. The zero-order chi connectivity index (χ0) is 18.8. The lowest BCUT2D eigenvalue weighted by Gasteiger charge is -2.09. The number of rotatable bonds is 9. The maximum Gasteiger partial charge on any atom is 0.244 e. The van der Waals surface area contributed by atoms with E-state index in [9.17, 15) is 9.59 Å². The molecule has 2 aromatic rings. The number of benzene rings is 1. The van der Waals surface area contributed by atoms with Gasteiger partial charge in [-0.15, -0.1) is 0 Å². The summed E-state index contributed by atoms with van der Waals surface area (Å²) in [5, 5.41) is 5.17. The van der Waals surface area contributed by atoms with Gasteiger partial charge in [0.25, 0.3) is 0 Å². The average Bonchev–Trinajstić information content (AvgIpc) is 3.17. The number of hydrogen-bond acceptors (Lipinski definition) is 5. The highest BCUT2D eigenvalue weighted by molar-refractivity contribution is 5.94. The van der Waals surface area contributed by atoms with E-state index in [0.29, 0.717) is 23.9 Å². The summed E-state index contributed by atoms with van der Waals surface area (Å²) in [4.78, 5) is 23.5. The Morgan fingerprint density at radius 2 is 2.04 bits per heavy atom. The summed E-state index contributed by atoms with van der Waals surface area (Å²) in [5.41, 5.74) is 0.784. The van der Waals surface area contributed by atoms with Crippen molar-refractivity contribution in [3.05, 3.63) is 54.0 Å². The smallest absolute Gasteiger partial charge is 0.244 e. The van der Waals surface area contributed by atoms with Crippen molar-refractivity contribution in [2.24, 2.45) is 0 Å². The van der Waals surface area contributed by atoms with Gasteiger partial charge in [-0.1, -0.05) is 6.07 Å². The van der Waals surface area contributed by atoms with Gasteiger partial charge in [0.2, 0.25) is 11.8 Å². The van der Waals surface area contributed by atoms with E-state index < -0.39 is 0 Å². The van der Waals surface area contributed by atoms with Gasteiger partial charge in [0.1, 0.15) is 5.76 Å². The van der Waals surface area contributed by atoms with Crippen molar-refractivity contribution < 1.29 is 23.5 Å². The lowest BCUT2D eigenvalue weighted by atomic mass is 10.2. The van der Waals surface area contributed by atoms with Crippen LogP contribution in [0.5, 0.6) is 11.5 Å². The number of carbonyl (C=O) groups excluding carboxylic acids is 2. The maximum atomic E-state index is 11.8. The van der Waals surface area contributed by atoms with Crippen molar-refractivity contribution in [2.45, 2.75) is 13.5 Å². The van der Waals surface area contributed by atoms with Crippen molar-refractivity contribution in [2.75, 3.05) is 20.3 Å². The van der Waals surface area contributed by atoms with E-state index in [4.69, 9.17) is 13.9 Å². The Kier molecular flexibility index (Phi) is 7.30. The first kappa shape index (κ1) is 19.1. The van der Waals surface area contributed by atoms with Crippen LogP contribution in [0.3, 0.4) is 0 Å². The standard InChI is InChI=1S/C19H22N2O5/c1-3-25-17-11-14(6-8-16(17)24-2)7-9-18(22)21-13-19(23)20-12-15-5-4-10-26-15/h4-11H,3,12-13H2,1-2H3,(H,20,23)(H,21,22). The van der Waals surface area contributed by atoms with Crippen LogP contribution in [-0.2, 0) is 16.1 Å². The molecule has 138 valence electrons. The maximum absolute atomic E-state index is 11.8. The molecule has 0 saturated carbocycles. The number of methoxy groups -OCH3 is 1. The van der Waals surface area contributed by atoms with Gasteiger partial charge in [0.05, 0.1) is 33.1 Å². The second kappa shape index (κ2) is 9.93. The van der Waals surface area contributed by atoms with Crippen molar-refractivity contribution in [1.82, 2.24) is 10.6 Å². The zero-order valence-corrected chi connectivity index (χ0v) is 14.8. The number of hydrogen-bond donors (Lipinski definition) is 2. The normalized spacial score (nSPS) is 10.5. The van der Waals surface area contributed by atoms with Crippen molar-refractivity contribution in [3.8, 4) is 11.5 Å². The molecule has 0 aliphatic rings. The number of furan rings is 1. The third-order valence-corrected chi connectivity index (χ3v) is 3.38. The van der Waals surface area contributed by atoms with Gasteiger partial charge >= 0.3 is 0 Å². The first-order valence-electron chi connectivity index (χ1n) is 8.18. The summed E-state index contributed by atoms with van der Waals surface area (Å²) in [5.74, 6) is 1.21. The minimum absolute atomic E-state index is 0.114. The van der Waals surface area contributed by atoms with Crippen LogP contribution in [0, 0.1) is 0 Å². The molecule has 2 rings (SSSR count). The quantitative estimate of drug-likeness (QED) is 0.670. The van der Waals surface area contributed by atoms with Crippen LogP contribution >= 0.6 is 0 Å². The van der Waals surface area contributed by atoms with Crippen LogP contribution in [0.4, 0.5) is 0 Å². The lowest BCUT2D eigenvalue weighted by Crippen LogP contribution is -2.35. The third-order valence-electron chi connectivity index (χ3n) is 3.38. The van der Waals surface area contributed by atoms with E-state index in [2.05, 4.69) is 10.6 Å². The molecule has 0 radical (unpaired) electrons. The second-order valence-electron chi connectivity index (χ2n) is 5.25. The predicted octanol–water partition coefficient (Wildman–Crippen LogP) is 2.13. The van der Waals surface area contributed by atoms with Crippen molar-refractivity contribution in [3.63, 3.8) is 0 Å². The molecule has 0 spiro atoms. The Bertz CT molecular complexity index is 753. The summed E-state index contributed by atoms with van der Waals surface area (Å²) in [7, 11) is 1.57. The molecule has 2 amide bonds. The van der Waals surface area contributed by atoms with Crippen LogP contribution < -0.4 is 20.1 Å². The molecule has 0 bridgehead atoms. The molecule has 2 N–H and O–H groups in total. The molecule has 1 aromatic carbocycles. The molecular weight excluding hydrogens is 336 g/mol. The molecule has 7 nitrogen and oxygen atoms in total. The average molecular weight is 358 g/mol. The summed E-state index contributed by atoms with van der Waals surface area (Å²) in [6.07, 6.45) is 4.53. The fraction of sp³-hybridized carbons (Fsp3) is 0.263. The van der Waals surface area contributed by atoms with Crippen LogP contribution in [0.15, 0.2) is 47.1 Å². The highest BCUT2D eigenvalue weighted by atomic mass is 16.5. The van der Waals surface area contributed by atoms with Crippen LogP contribution in [0.25, 0.3) is 6.08 Å². The Hall–Kier alpha value is -3.22. The van der Waals surface area contributed by atoms with Gasteiger partial charge in [-0.3, -0.25) is 9.59 Å². The molecule has 0 aliphatic heterocycles. The monoisotopic (exact) mass is 358 g/mol. The largest absolute Gasteiger partial charge is 0.493 e. The minimum atomic E-state index is -0.369. The lowest BCUT2D eigenvalue weighted by molar-refractivity contribution is -0.124. The number of amides is 2. The highest BCUT2D eigenvalue weighted by Gasteiger charge is 2.06. The van der Waals surface area contributed by atoms with E-state index in [1.807, 2.05) is 6.92 Å². The van der Waals surface area contributed by atoms with E-state index in [1.165, 1.54) is 12.3 Å². The molecule has 1 aromatic heterocycles. The summed E-state index contributed by atoms with van der Waals surface area (Å²) < 4.78 is 15.8. The fourth-order valence-corrected chi connectivity index (χ4v) is 2.12. The van der Waals surface area contributed by atoms with Crippen LogP contribution in [0.2, 0.25) is 0 Å². The van der Waals surface area contributed by atoms with Gasteiger partial charge in [-0.05, 0) is 42.8 Å². The van der Waals surface area contributed by atoms with E-state index >= 15 is 0 Å². The van der Waals surface area contributed by atoms with Crippen LogP contribution in [0.1, 0.15) is 18.2 Å². The Balaban J connectivity index is 1.81. The number of ether oxygens (including phenoxy) is 2. The predicted molar refractivity (Wildman–Crippen MR) is 96.8 cm³/mol. The Morgan fingerprint density at radius 3 is 2.73 bits per heavy atom. The van der Waals surface area contributed by atoms with Gasteiger partial charge in [-0.2, -0.15) is 0 Å². The van der Waals surface area contributed by atoms with Gasteiger partial charge in [-0.25, -0.2) is 0 Å². The summed E-state index contributed by atoms with van der Waals surface area (Å²) in [6.45, 7) is 2.56. The van der Waals surface area contributed by atoms with Gasteiger partial charge in [0.15, 0.2) is 11.5 Å². The molecule has 0 atom stereocenters. The molecular formula is C19H22N2O5. The molecule has 0 saturated heterocycles. The molecule has 26 heavy (non-hydrogen) atoms. The molecule has 1 heterocycles. The first-order chi connectivity index (χ1) is 12.6. The number of carbonyl (C=O) groups is 2. The summed E-state index contributed by atoms with van der Waals surface area (Å²) in [6, 6.07) is 8.85. The topological polar surface area (TPSA) is 89.8 Å². The SMILES string of the molecule is CCOc1cc(C=CC(=O)NCC(=O)NCc2ccco2)ccc1OC. The molecule has 7 heteroatoms. The zero-order valence-electron chi connectivity index (χ0n) is 14.8. The van der Waals surface area contributed by atoms with Crippen LogP contribution in [-0.4, -0.2) is 32.1 Å². The fourth-order valence-electron chi connectivity index (χ4n) is 2.12. The van der Waals surface area contributed by atoms with Crippen molar-refractivity contribution >= 4 is 17.9 Å². The Morgan fingerprint density at radius 1 is 1.19 bits per heavy atom. The molecule has 0 fully saturated rings. The van der Waals surface area contributed by atoms with E-state index in [-0.39, 0.29) is 24.9 Å². The second-order valence-corrected chi connectivity index (χ2v) is 5.25. The van der Waals surface area contributed by atoms with Gasteiger partial charge in [0, 0.05) is 6.08 Å². The van der Waals surface area contributed by atoms with E-state index in [1.54, 1.807) is 43.5 Å². The Labute approximate surface area is 152 Å². The van der Waals surface area contributed by atoms with E-state index in [0.717, 1.165) is 5.56 Å². The minimum Gasteiger partial charge on any atom is -0.493 e. The number of nitrogens with one attached hydrogen (secondary N) is 2. The highest BCUT2D eigenvalue weighted by Crippen LogP contribution is 2.28.